The lowest BCUT2D eigenvalue weighted by Gasteiger charge is -2.07. The van der Waals surface area contributed by atoms with Crippen LogP contribution in [0.3, 0.4) is 0 Å². The van der Waals surface area contributed by atoms with Crippen molar-refractivity contribution in [2.24, 2.45) is 5.10 Å². The molecule has 0 radical (unpaired) electrons. The molecule has 2 aromatic rings. The largest absolute Gasteiger partial charge is 0.458 e. The van der Waals surface area contributed by atoms with Gasteiger partial charge in [-0.1, -0.05) is 6.07 Å². The van der Waals surface area contributed by atoms with Crippen LogP contribution >= 0.6 is 0 Å². The third kappa shape index (κ3) is 7.42. The molecule has 1 aromatic carbocycles. The molecule has 10 nitrogen and oxygen atoms in total. The van der Waals surface area contributed by atoms with Gasteiger partial charge in [0, 0.05) is 11.7 Å². The average molecular weight is 427 g/mol. The number of hydrogen-bond acceptors (Lipinski definition) is 6. The second kappa shape index (κ2) is 10.7. The molecule has 1 aromatic heterocycles. The standard InChI is InChI=1S/C21H25N5O5/c1-12(2)24-20(29)21(30)26-23-11-17-8-7-16(31-17)10-22-18(27)19(28)25-15-6-5-13(3)14(4)9-15/h5-9,11-12H,10H2,1-4H3,(H,22,27)(H,24,29)(H,25,28)(H,26,30)/b23-11+. The van der Waals surface area contributed by atoms with E-state index >= 15 is 0 Å². The minimum absolute atomic E-state index is 0.0177. The van der Waals surface area contributed by atoms with E-state index in [2.05, 4.69) is 26.5 Å². The molecule has 0 aliphatic heterocycles. The highest BCUT2D eigenvalue weighted by Gasteiger charge is 2.15. The fraction of sp³-hybridized carbons (Fsp3) is 0.286. The van der Waals surface area contributed by atoms with Gasteiger partial charge in [-0.3, -0.25) is 19.2 Å². The molecule has 31 heavy (non-hydrogen) atoms. The van der Waals surface area contributed by atoms with E-state index in [1.807, 2.05) is 19.9 Å². The van der Waals surface area contributed by atoms with E-state index in [4.69, 9.17) is 4.42 Å². The Morgan fingerprint density at radius 3 is 2.39 bits per heavy atom. The lowest BCUT2D eigenvalue weighted by atomic mass is 10.1. The lowest BCUT2D eigenvalue weighted by Crippen LogP contribution is -2.41. The first-order valence-corrected chi connectivity index (χ1v) is 9.54. The Bertz CT molecular complexity index is 1010. The summed E-state index contributed by atoms with van der Waals surface area (Å²) in [5, 5.41) is 11.1. The molecular weight excluding hydrogens is 402 g/mol. The first-order valence-electron chi connectivity index (χ1n) is 9.54. The maximum atomic E-state index is 12.0. The smallest absolute Gasteiger partial charge is 0.329 e. The van der Waals surface area contributed by atoms with Crippen molar-refractivity contribution >= 4 is 35.5 Å². The van der Waals surface area contributed by atoms with Crippen LogP contribution in [0.25, 0.3) is 0 Å². The molecule has 0 fully saturated rings. The molecule has 0 saturated heterocycles. The molecule has 0 aliphatic rings. The highest BCUT2D eigenvalue weighted by molar-refractivity contribution is 6.39. The molecule has 0 bridgehead atoms. The van der Waals surface area contributed by atoms with Crippen molar-refractivity contribution in [3.05, 3.63) is 53.0 Å². The zero-order valence-electron chi connectivity index (χ0n) is 17.7. The van der Waals surface area contributed by atoms with E-state index in [1.165, 1.54) is 6.21 Å². The van der Waals surface area contributed by atoms with Gasteiger partial charge in [-0.25, -0.2) is 5.43 Å². The van der Waals surface area contributed by atoms with Crippen LogP contribution in [0.5, 0.6) is 0 Å². The first kappa shape index (κ1) is 23.3. The molecule has 0 unspecified atom stereocenters. The van der Waals surface area contributed by atoms with Crippen LogP contribution in [0.1, 0.15) is 36.5 Å². The minimum atomic E-state index is -0.904. The summed E-state index contributed by atoms with van der Waals surface area (Å²) in [6.45, 7) is 7.30. The van der Waals surface area contributed by atoms with Crippen molar-refractivity contribution in [3.8, 4) is 0 Å². The van der Waals surface area contributed by atoms with E-state index < -0.39 is 23.6 Å². The predicted molar refractivity (Wildman–Crippen MR) is 114 cm³/mol. The van der Waals surface area contributed by atoms with Crippen molar-refractivity contribution in [2.45, 2.75) is 40.3 Å². The molecule has 4 N–H and O–H groups in total. The molecule has 0 saturated carbocycles. The Labute approximate surface area is 179 Å². The molecule has 10 heteroatoms. The lowest BCUT2D eigenvalue weighted by molar-refractivity contribution is -0.139. The van der Waals surface area contributed by atoms with E-state index in [1.54, 1.807) is 38.1 Å². The molecule has 0 atom stereocenters. The van der Waals surface area contributed by atoms with Crippen molar-refractivity contribution in [3.63, 3.8) is 0 Å². The van der Waals surface area contributed by atoms with Crippen LogP contribution in [0, 0.1) is 13.8 Å². The summed E-state index contributed by atoms with van der Waals surface area (Å²) in [5.74, 6) is -2.65. The van der Waals surface area contributed by atoms with Gasteiger partial charge >= 0.3 is 23.6 Å². The van der Waals surface area contributed by atoms with Crippen LogP contribution in [0.4, 0.5) is 5.69 Å². The van der Waals surface area contributed by atoms with Gasteiger partial charge in [-0.15, -0.1) is 0 Å². The molecule has 2 rings (SSSR count). The van der Waals surface area contributed by atoms with E-state index in [-0.39, 0.29) is 18.3 Å². The monoisotopic (exact) mass is 427 g/mol. The molecule has 4 amide bonds. The normalized spacial score (nSPS) is 10.7. The van der Waals surface area contributed by atoms with Crippen LogP contribution in [-0.2, 0) is 25.7 Å². The fourth-order valence-corrected chi connectivity index (χ4v) is 2.35. The van der Waals surface area contributed by atoms with Crippen LogP contribution in [0.2, 0.25) is 0 Å². The van der Waals surface area contributed by atoms with Crippen molar-refractivity contribution in [1.29, 1.82) is 0 Å². The maximum absolute atomic E-state index is 12.0. The van der Waals surface area contributed by atoms with E-state index in [9.17, 15) is 19.2 Å². The number of anilines is 1. The van der Waals surface area contributed by atoms with Gasteiger partial charge < -0.3 is 20.4 Å². The first-order chi connectivity index (χ1) is 14.7. The fourth-order valence-electron chi connectivity index (χ4n) is 2.35. The van der Waals surface area contributed by atoms with Crippen LogP contribution in [0.15, 0.2) is 39.9 Å². The zero-order chi connectivity index (χ0) is 23.0. The number of aryl methyl sites for hydroxylation is 2. The number of furan rings is 1. The number of rotatable bonds is 6. The summed E-state index contributed by atoms with van der Waals surface area (Å²) in [6, 6.07) is 8.32. The zero-order valence-corrected chi connectivity index (χ0v) is 17.7. The van der Waals surface area contributed by atoms with Gasteiger partial charge in [0.25, 0.3) is 0 Å². The number of amides is 4. The van der Waals surface area contributed by atoms with Gasteiger partial charge in [-0.05, 0) is 63.1 Å². The Morgan fingerprint density at radius 2 is 1.71 bits per heavy atom. The van der Waals surface area contributed by atoms with Crippen LogP contribution < -0.4 is 21.4 Å². The van der Waals surface area contributed by atoms with Gasteiger partial charge in [0.15, 0.2) is 0 Å². The summed E-state index contributed by atoms with van der Waals surface area (Å²) in [6.07, 6.45) is 1.21. The number of carbonyl (C=O) groups excluding carboxylic acids is 4. The summed E-state index contributed by atoms with van der Waals surface area (Å²) in [4.78, 5) is 47.0. The highest BCUT2D eigenvalue weighted by atomic mass is 16.3. The van der Waals surface area contributed by atoms with Gasteiger partial charge in [0.1, 0.15) is 11.5 Å². The van der Waals surface area contributed by atoms with Gasteiger partial charge in [0.05, 0.1) is 12.8 Å². The summed E-state index contributed by atoms with van der Waals surface area (Å²) < 4.78 is 5.42. The Hall–Kier alpha value is -3.95. The molecule has 164 valence electrons. The molecule has 0 spiro atoms. The van der Waals surface area contributed by atoms with Gasteiger partial charge in [0.2, 0.25) is 0 Å². The summed E-state index contributed by atoms with van der Waals surface area (Å²) in [5.41, 5.74) is 4.69. The molecular formula is C21H25N5O5. The second-order valence-corrected chi connectivity index (χ2v) is 7.07. The van der Waals surface area contributed by atoms with Crippen molar-refractivity contribution in [1.82, 2.24) is 16.1 Å². The Kier molecular flexibility index (Phi) is 8.07. The molecule has 1 heterocycles. The number of nitrogens with one attached hydrogen (secondary N) is 4. The Morgan fingerprint density at radius 1 is 0.968 bits per heavy atom. The van der Waals surface area contributed by atoms with Crippen molar-refractivity contribution < 1.29 is 23.6 Å². The number of hydrazone groups is 1. The predicted octanol–water partition coefficient (Wildman–Crippen LogP) is 1.13. The topological polar surface area (TPSA) is 142 Å². The van der Waals surface area contributed by atoms with Crippen LogP contribution in [-0.4, -0.2) is 35.9 Å². The highest BCUT2D eigenvalue weighted by Crippen LogP contribution is 2.14. The average Bonchev–Trinajstić information content (AvgIpc) is 3.16. The van der Waals surface area contributed by atoms with Gasteiger partial charge in [-0.2, -0.15) is 5.10 Å². The number of nitrogens with zero attached hydrogens (tertiary/aromatic N) is 1. The van der Waals surface area contributed by atoms with E-state index in [0.29, 0.717) is 11.4 Å². The number of carbonyl (C=O) groups is 4. The van der Waals surface area contributed by atoms with Crippen molar-refractivity contribution in [2.75, 3.05) is 5.32 Å². The number of benzene rings is 1. The number of hydrogen-bond donors (Lipinski definition) is 4. The summed E-state index contributed by atoms with van der Waals surface area (Å²) in [7, 11) is 0. The SMILES string of the molecule is Cc1ccc(NC(=O)C(=O)NCc2ccc(/C=N/NC(=O)C(=O)NC(C)C)o2)cc1C. The quantitative estimate of drug-likeness (QED) is 0.311. The maximum Gasteiger partial charge on any atom is 0.329 e. The van der Waals surface area contributed by atoms with E-state index in [0.717, 1.165) is 11.1 Å². The minimum Gasteiger partial charge on any atom is -0.458 e. The summed E-state index contributed by atoms with van der Waals surface area (Å²) >= 11 is 0. The second-order valence-electron chi connectivity index (χ2n) is 7.07. The Balaban J connectivity index is 1.80. The third-order valence-corrected chi connectivity index (χ3v) is 4.06. The molecule has 0 aliphatic carbocycles. The third-order valence-electron chi connectivity index (χ3n) is 4.06.